The number of likely N-dealkylation sites (tertiary alicyclic amines) is 1. The first kappa shape index (κ1) is 30.8. The Labute approximate surface area is 242 Å². The summed E-state index contributed by atoms with van der Waals surface area (Å²) in [6, 6.07) is 2.37. The van der Waals surface area contributed by atoms with E-state index in [1.807, 2.05) is 0 Å². The number of aliphatic imine (C=N–C) groups is 1. The van der Waals surface area contributed by atoms with Gasteiger partial charge in [0.25, 0.3) is 5.69 Å². The van der Waals surface area contributed by atoms with Gasteiger partial charge in [0.15, 0.2) is 11.7 Å². The van der Waals surface area contributed by atoms with Crippen LogP contribution in [0.4, 0.5) is 11.4 Å². The van der Waals surface area contributed by atoms with E-state index in [4.69, 9.17) is 20.9 Å². The van der Waals surface area contributed by atoms with E-state index in [0.717, 1.165) is 51.4 Å². The first-order valence-corrected chi connectivity index (χ1v) is 14.0. The normalized spacial score (nSPS) is 18.1. The summed E-state index contributed by atoms with van der Waals surface area (Å²) in [4.78, 5) is 55.2. The Balaban J connectivity index is 1.39. The second-order valence-corrected chi connectivity index (χ2v) is 10.3. The number of hydrogen-bond acceptors (Lipinski definition) is 12. The predicted octanol–water partition coefficient (Wildman–Crippen LogP) is 1.13. The van der Waals surface area contributed by atoms with Crippen molar-refractivity contribution in [2.24, 2.45) is 21.7 Å². The Bertz CT molecular complexity index is 1250. The van der Waals surface area contributed by atoms with Crippen LogP contribution in [0.3, 0.4) is 0 Å². The third kappa shape index (κ3) is 7.37. The average Bonchev–Trinajstić information content (AvgIpc) is 3.42. The van der Waals surface area contributed by atoms with Crippen LogP contribution >= 0.6 is 0 Å². The van der Waals surface area contributed by atoms with Crippen LogP contribution in [0.1, 0.15) is 59.2 Å². The number of rotatable bonds is 15. The molecular formula is C26H37N9O7. The molecule has 2 saturated heterocycles. The number of hydrogen-bond donors (Lipinski definition) is 5. The number of ketones is 2. The Morgan fingerprint density at radius 2 is 1.64 bits per heavy atom. The number of carbonyl (C=O) groups excluding carboxylic acids is 2. The topological polar surface area (TPSA) is 229 Å². The largest absolute Gasteiger partial charge is 0.380 e. The van der Waals surface area contributed by atoms with Gasteiger partial charge in [0.05, 0.1) is 23.4 Å². The van der Waals surface area contributed by atoms with Gasteiger partial charge < -0.3 is 36.5 Å². The zero-order valence-electron chi connectivity index (χ0n) is 23.4. The average molecular weight is 588 g/mol. The molecule has 1 aromatic rings. The molecule has 4 rings (SSSR count). The summed E-state index contributed by atoms with van der Waals surface area (Å²) >= 11 is 0. The Morgan fingerprint density at radius 1 is 0.976 bits per heavy atom. The minimum atomic E-state index is -0.667. The number of nitro groups is 1. The molecule has 16 nitrogen and oxygen atoms in total. The van der Waals surface area contributed by atoms with E-state index in [2.05, 4.69) is 31.2 Å². The number of anilines is 1. The lowest BCUT2D eigenvalue weighted by Gasteiger charge is -2.37. The molecule has 0 saturated carbocycles. The molecule has 228 valence electrons. The number of nitro benzene ring substituents is 1. The summed E-state index contributed by atoms with van der Waals surface area (Å²) in [5.74, 6) is -1.75. The van der Waals surface area contributed by atoms with Crippen molar-refractivity contribution in [3.63, 3.8) is 0 Å². The van der Waals surface area contributed by atoms with Crippen LogP contribution in [-0.2, 0) is 9.47 Å². The lowest BCUT2D eigenvalue weighted by molar-refractivity contribution is -0.384. The van der Waals surface area contributed by atoms with E-state index < -0.39 is 22.3 Å². The SMILES string of the molecule is NC(N)=NCCCCCNc1cc2c(cc1[N+](=O)[O-])C(=O)C(NCCCN1CCC3(CC1)OCCO3)=C(NN=O)C2=O. The molecule has 0 unspecified atom stereocenters. The number of allylic oxidation sites excluding steroid dienone is 2. The third-order valence-corrected chi connectivity index (χ3v) is 7.51. The molecule has 2 heterocycles. The van der Waals surface area contributed by atoms with Gasteiger partial charge in [-0.2, -0.15) is 0 Å². The van der Waals surface area contributed by atoms with Crippen molar-refractivity contribution in [2.75, 3.05) is 57.8 Å². The van der Waals surface area contributed by atoms with E-state index in [0.29, 0.717) is 45.7 Å². The van der Waals surface area contributed by atoms with Crippen molar-refractivity contribution in [1.29, 1.82) is 0 Å². The fourth-order valence-corrected chi connectivity index (χ4v) is 5.34. The van der Waals surface area contributed by atoms with E-state index in [-0.39, 0.29) is 39.9 Å². The van der Waals surface area contributed by atoms with Crippen molar-refractivity contribution in [3.8, 4) is 0 Å². The molecule has 0 bridgehead atoms. The van der Waals surface area contributed by atoms with Gasteiger partial charge in [-0.05, 0) is 38.3 Å². The van der Waals surface area contributed by atoms with E-state index in [1.165, 1.54) is 6.07 Å². The van der Waals surface area contributed by atoms with Crippen molar-refractivity contribution < 1.29 is 24.0 Å². The van der Waals surface area contributed by atoms with Gasteiger partial charge in [0.2, 0.25) is 11.6 Å². The fourth-order valence-electron chi connectivity index (χ4n) is 5.34. The summed E-state index contributed by atoms with van der Waals surface area (Å²) < 4.78 is 11.5. The lowest BCUT2D eigenvalue weighted by Crippen LogP contribution is -2.45. The first-order chi connectivity index (χ1) is 20.2. The number of nitrogens with zero attached hydrogens (tertiary/aromatic N) is 4. The highest BCUT2D eigenvalue weighted by molar-refractivity contribution is 6.27. The summed E-state index contributed by atoms with van der Waals surface area (Å²) in [6.07, 6.45) is 4.36. The van der Waals surface area contributed by atoms with Crippen LogP contribution < -0.4 is 27.5 Å². The number of unbranched alkanes of at least 4 members (excludes halogenated alkanes) is 2. The second-order valence-electron chi connectivity index (χ2n) is 10.3. The van der Waals surface area contributed by atoms with Crippen LogP contribution in [-0.4, -0.2) is 85.6 Å². The molecule has 0 amide bonds. The molecule has 0 aromatic heterocycles. The zero-order chi connectivity index (χ0) is 30.1. The Morgan fingerprint density at radius 3 is 2.31 bits per heavy atom. The minimum absolute atomic E-state index is 0.0178. The molecule has 2 aliphatic heterocycles. The number of guanidine groups is 1. The molecule has 1 aromatic carbocycles. The highest BCUT2D eigenvalue weighted by Gasteiger charge is 2.40. The first-order valence-electron chi connectivity index (χ1n) is 14.0. The summed E-state index contributed by atoms with van der Waals surface area (Å²) in [6.45, 7) is 4.78. The van der Waals surface area contributed by atoms with Gasteiger partial charge in [-0.15, -0.1) is 4.91 Å². The summed E-state index contributed by atoms with van der Waals surface area (Å²) in [5.41, 5.74) is 11.8. The smallest absolute Gasteiger partial charge is 0.293 e. The van der Waals surface area contributed by atoms with Crippen LogP contribution in [0.25, 0.3) is 0 Å². The number of piperidine rings is 1. The lowest BCUT2D eigenvalue weighted by atomic mass is 9.89. The van der Waals surface area contributed by atoms with Gasteiger partial charge in [0, 0.05) is 62.8 Å². The molecular weight excluding hydrogens is 550 g/mol. The number of nitrogens with two attached hydrogens (primary N) is 2. The number of nitrogens with one attached hydrogen (secondary N) is 3. The summed E-state index contributed by atoms with van der Waals surface area (Å²) in [7, 11) is 0. The van der Waals surface area contributed by atoms with Crippen molar-refractivity contribution in [3.05, 3.63) is 49.7 Å². The molecule has 16 heteroatoms. The van der Waals surface area contributed by atoms with Crippen molar-refractivity contribution >= 4 is 28.9 Å². The van der Waals surface area contributed by atoms with Gasteiger partial charge in [-0.25, -0.2) is 5.43 Å². The molecule has 3 aliphatic rings. The van der Waals surface area contributed by atoms with Crippen LogP contribution in [0.15, 0.2) is 33.8 Å². The van der Waals surface area contributed by atoms with Crippen molar-refractivity contribution in [1.82, 2.24) is 15.6 Å². The van der Waals surface area contributed by atoms with Gasteiger partial charge in [-0.1, -0.05) is 0 Å². The quantitative estimate of drug-likeness (QED) is 0.0484. The predicted molar refractivity (Wildman–Crippen MR) is 154 cm³/mol. The van der Waals surface area contributed by atoms with E-state index in [1.54, 1.807) is 0 Å². The van der Waals surface area contributed by atoms with Crippen LogP contribution in [0, 0.1) is 15.0 Å². The molecule has 0 radical (unpaired) electrons. The molecule has 1 spiro atoms. The highest BCUT2D eigenvalue weighted by Crippen LogP contribution is 2.34. The minimum Gasteiger partial charge on any atom is -0.380 e. The molecule has 42 heavy (non-hydrogen) atoms. The molecule has 2 fully saturated rings. The Hall–Kier alpha value is -4.15. The summed E-state index contributed by atoms with van der Waals surface area (Å²) in [5, 5.41) is 20.4. The van der Waals surface area contributed by atoms with Gasteiger partial charge in [0.1, 0.15) is 17.1 Å². The number of nitroso groups, excluding NO2 is 1. The van der Waals surface area contributed by atoms with Crippen molar-refractivity contribution in [2.45, 2.75) is 44.3 Å². The molecule has 0 atom stereocenters. The Kier molecular flexibility index (Phi) is 10.4. The van der Waals surface area contributed by atoms with Crippen LogP contribution in [0.2, 0.25) is 0 Å². The third-order valence-electron chi connectivity index (χ3n) is 7.51. The highest BCUT2D eigenvalue weighted by atomic mass is 16.7. The maximum absolute atomic E-state index is 13.4. The van der Waals surface area contributed by atoms with Gasteiger partial charge in [-0.3, -0.25) is 24.7 Å². The van der Waals surface area contributed by atoms with E-state index >= 15 is 0 Å². The molecule has 1 aliphatic carbocycles. The van der Waals surface area contributed by atoms with Crippen LogP contribution in [0.5, 0.6) is 0 Å². The number of fused-ring (bicyclic) bond motifs is 1. The second kappa shape index (κ2) is 14.2. The maximum atomic E-state index is 13.4. The maximum Gasteiger partial charge on any atom is 0.293 e. The zero-order valence-corrected chi connectivity index (χ0v) is 23.4. The van der Waals surface area contributed by atoms with Gasteiger partial charge >= 0.3 is 0 Å². The number of Topliss-reactive ketones (excluding diaryl/α,β-unsaturated/α-hetero) is 2. The standard InChI is InChI=1S/C26H37N9O7/c27-25(28)31-8-3-1-2-7-29-19-15-17-18(16-20(19)35(39)40)23(36)21(22(24(17)37)32-33-38)30-9-4-10-34-11-5-26(6-12-34)41-13-14-42-26/h15-16,29-30H,1-14H2,(H,32,38)(H4,27,28,31). The number of benzene rings is 1. The fraction of sp³-hybridized carbons (Fsp3) is 0.577. The van der Waals surface area contributed by atoms with E-state index in [9.17, 15) is 24.6 Å². The number of carbonyl (C=O) groups is 2. The number of ether oxygens (including phenoxy) is 2. The molecule has 7 N–H and O–H groups in total. The monoisotopic (exact) mass is 587 g/mol.